The Labute approximate surface area is 137 Å². The number of methoxy groups -OCH3 is 1. The number of carbonyl (C=O) groups excluding carboxylic acids is 1. The number of nitro benzene ring substituents is 1. The number of anilines is 1. The summed E-state index contributed by atoms with van der Waals surface area (Å²) in [5.41, 5.74) is 0.542. The Bertz CT molecular complexity index is 814. The van der Waals surface area contributed by atoms with Crippen molar-refractivity contribution < 1.29 is 19.2 Å². The van der Waals surface area contributed by atoms with Crippen LogP contribution < -0.4 is 14.8 Å². The van der Waals surface area contributed by atoms with Crippen LogP contribution in [-0.4, -0.2) is 24.5 Å². The number of nitriles is 1. The van der Waals surface area contributed by atoms with Gasteiger partial charge in [0, 0.05) is 5.69 Å². The number of rotatable bonds is 6. The summed E-state index contributed by atoms with van der Waals surface area (Å²) in [5.74, 6) is -0.233. The number of amides is 1. The van der Waals surface area contributed by atoms with Crippen LogP contribution in [0.5, 0.6) is 11.5 Å². The van der Waals surface area contributed by atoms with E-state index < -0.39 is 17.4 Å². The summed E-state index contributed by atoms with van der Waals surface area (Å²) in [6.45, 7) is -0.413. The highest BCUT2D eigenvalue weighted by molar-refractivity contribution is 5.92. The molecule has 0 fully saturated rings. The Balaban J connectivity index is 2.03. The van der Waals surface area contributed by atoms with Crippen LogP contribution in [0, 0.1) is 21.4 Å². The van der Waals surface area contributed by atoms with Crippen LogP contribution in [-0.2, 0) is 4.79 Å². The summed E-state index contributed by atoms with van der Waals surface area (Å²) in [6.07, 6.45) is 0. The van der Waals surface area contributed by atoms with Crippen molar-refractivity contribution in [2.24, 2.45) is 0 Å². The molecule has 122 valence electrons. The van der Waals surface area contributed by atoms with Gasteiger partial charge in [-0.3, -0.25) is 14.9 Å². The van der Waals surface area contributed by atoms with E-state index >= 15 is 0 Å². The zero-order valence-electron chi connectivity index (χ0n) is 12.7. The van der Waals surface area contributed by atoms with Gasteiger partial charge in [0.1, 0.15) is 5.75 Å². The molecule has 0 atom stereocenters. The van der Waals surface area contributed by atoms with E-state index in [1.165, 1.54) is 31.4 Å². The van der Waals surface area contributed by atoms with Crippen molar-refractivity contribution in [3.63, 3.8) is 0 Å². The largest absolute Gasteiger partial charge is 0.496 e. The molecule has 0 bridgehead atoms. The molecule has 24 heavy (non-hydrogen) atoms. The van der Waals surface area contributed by atoms with E-state index in [1.807, 2.05) is 6.07 Å². The van der Waals surface area contributed by atoms with Crippen LogP contribution in [0.25, 0.3) is 0 Å². The SMILES string of the molecule is COc1ccc(OCC(=O)Nc2cccc(C#N)c2)c([N+](=O)[O-])c1. The molecule has 2 aromatic carbocycles. The van der Waals surface area contributed by atoms with Gasteiger partial charge in [-0.2, -0.15) is 5.26 Å². The Morgan fingerprint density at radius 1 is 1.33 bits per heavy atom. The van der Waals surface area contributed by atoms with E-state index in [0.29, 0.717) is 17.0 Å². The molecule has 0 saturated carbocycles. The minimum Gasteiger partial charge on any atom is -0.496 e. The first-order valence-electron chi connectivity index (χ1n) is 6.78. The van der Waals surface area contributed by atoms with Gasteiger partial charge in [0.2, 0.25) is 0 Å². The summed E-state index contributed by atoms with van der Waals surface area (Å²) < 4.78 is 10.1. The van der Waals surface area contributed by atoms with Gasteiger partial charge >= 0.3 is 5.69 Å². The maximum atomic E-state index is 11.9. The fraction of sp³-hybridized carbons (Fsp3) is 0.125. The minimum absolute atomic E-state index is 0.0401. The van der Waals surface area contributed by atoms with Crippen molar-refractivity contribution >= 4 is 17.3 Å². The summed E-state index contributed by atoms with van der Waals surface area (Å²) in [7, 11) is 1.39. The Hall–Kier alpha value is -3.60. The zero-order valence-corrected chi connectivity index (χ0v) is 12.7. The molecular formula is C16H13N3O5. The molecule has 0 unspecified atom stereocenters. The second-order valence-corrected chi connectivity index (χ2v) is 4.62. The van der Waals surface area contributed by atoms with E-state index in [9.17, 15) is 14.9 Å². The Morgan fingerprint density at radius 3 is 2.79 bits per heavy atom. The van der Waals surface area contributed by atoms with Gasteiger partial charge < -0.3 is 14.8 Å². The molecule has 0 aliphatic rings. The third-order valence-corrected chi connectivity index (χ3v) is 3.00. The number of nitrogens with one attached hydrogen (secondary N) is 1. The molecule has 2 aromatic rings. The second kappa shape index (κ2) is 7.60. The number of carbonyl (C=O) groups is 1. The van der Waals surface area contributed by atoms with Gasteiger partial charge in [-0.05, 0) is 30.3 Å². The van der Waals surface area contributed by atoms with Gasteiger partial charge in [0.05, 0.1) is 29.7 Å². The molecule has 8 nitrogen and oxygen atoms in total. The number of benzene rings is 2. The summed E-state index contributed by atoms with van der Waals surface area (Å²) in [5, 5.41) is 22.4. The predicted octanol–water partition coefficient (Wildman–Crippen LogP) is 2.49. The van der Waals surface area contributed by atoms with E-state index in [4.69, 9.17) is 14.7 Å². The molecule has 8 heteroatoms. The van der Waals surface area contributed by atoms with E-state index in [1.54, 1.807) is 18.2 Å². The Kier molecular flexibility index (Phi) is 5.31. The predicted molar refractivity (Wildman–Crippen MR) is 84.9 cm³/mol. The molecule has 0 radical (unpaired) electrons. The minimum atomic E-state index is -0.619. The summed E-state index contributed by atoms with van der Waals surface area (Å²) >= 11 is 0. The average Bonchev–Trinajstić information content (AvgIpc) is 2.59. The zero-order chi connectivity index (χ0) is 17.5. The van der Waals surface area contributed by atoms with Crippen molar-refractivity contribution in [2.75, 3.05) is 19.0 Å². The first-order chi connectivity index (χ1) is 11.5. The first kappa shape index (κ1) is 16.8. The van der Waals surface area contributed by atoms with Crippen LogP contribution >= 0.6 is 0 Å². The highest BCUT2D eigenvalue weighted by Gasteiger charge is 2.17. The number of nitro groups is 1. The van der Waals surface area contributed by atoms with Gasteiger partial charge in [-0.25, -0.2) is 0 Å². The second-order valence-electron chi connectivity index (χ2n) is 4.62. The molecule has 1 amide bonds. The lowest BCUT2D eigenvalue weighted by Crippen LogP contribution is -2.20. The van der Waals surface area contributed by atoms with Gasteiger partial charge in [0.25, 0.3) is 5.91 Å². The third-order valence-electron chi connectivity index (χ3n) is 3.00. The molecule has 0 spiro atoms. The lowest BCUT2D eigenvalue weighted by Gasteiger charge is -2.09. The smallest absolute Gasteiger partial charge is 0.314 e. The normalized spacial score (nSPS) is 9.67. The average molecular weight is 327 g/mol. The van der Waals surface area contributed by atoms with Gasteiger partial charge in [-0.1, -0.05) is 6.07 Å². The van der Waals surface area contributed by atoms with Crippen LogP contribution in [0.4, 0.5) is 11.4 Å². The lowest BCUT2D eigenvalue weighted by molar-refractivity contribution is -0.385. The molecule has 0 aliphatic carbocycles. The van der Waals surface area contributed by atoms with E-state index in [-0.39, 0.29) is 11.4 Å². The molecule has 0 aromatic heterocycles. The highest BCUT2D eigenvalue weighted by atomic mass is 16.6. The van der Waals surface area contributed by atoms with Crippen molar-refractivity contribution in [1.82, 2.24) is 0 Å². The maximum absolute atomic E-state index is 11.9. The van der Waals surface area contributed by atoms with Gasteiger partial charge in [0.15, 0.2) is 12.4 Å². The molecule has 2 rings (SSSR count). The third kappa shape index (κ3) is 4.20. The summed E-state index contributed by atoms with van der Waals surface area (Å²) in [4.78, 5) is 22.3. The monoisotopic (exact) mass is 327 g/mol. The topological polar surface area (TPSA) is 114 Å². The Morgan fingerprint density at radius 2 is 2.12 bits per heavy atom. The van der Waals surface area contributed by atoms with E-state index in [0.717, 1.165) is 0 Å². The van der Waals surface area contributed by atoms with Crippen LogP contribution in [0.1, 0.15) is 5.56 Å². The van der Waals surface area contributed by atoms with Crippen molar-refractivity contribution in [1.29, 1.82) is 5.26 Å². The molecular weight excluding hydrogens is 314 g/mol. The lowest BCUT2D eigenvalue weighted by atomic mass is 10.2. The molecule has 1 N–H and O–H groups in total. The molecule has 0 saturated heterocycles. The van der Waals surface area contributed by atoms with Crippen LogP contribution in [0.2, 0.25) is 0 Å². The summed E-state index contributed by atoms with van der Waals surface area (Å²) in [6, 6.07) is 12.4. The van der Waals surface area contributed by atoms with Gasteiger partial charge in [-0.15, -0.1) is 0 Å². The fourth-order valence-corrected chi connectivity index (χ4v) is 1.90. The van der Waals surface area contributed by atoms with Crippen LogP contribution in [0.3, 0.4) is 0 Å². The quantitative estimate of drug-likeness (QED) is 0.644. The maximum Gasteiger partial charge on any atom is 0.314 e. The number of hydrogen-bond donors (Lipinski definition) is 1. The van der Waals surface area contributed by atoms with E-state index in [2.05, 4.69) is 5.32 Å². The fourth-order valence-electron chi connectivity index (χ4n) is 1.90. The first-order valence-corrected chi connectivity index (χ1v) is 6.78. The van der Waals surface area contributed by atoms with Crippen molar-refractivity contribution in [3.8, 4) is 17.6 Å². The number of hydrogen-bond acceptors (Lipinski definition) is 6. The standard InChI is InChI=1S/C16H13N3O5/c1-23-13-5-6-15(14(8-13)19(21)22)24-10-16(20)18-12-4-2-3-11(7-12)9-17/h2-8H,10H2,1H3,(H,18,20). The highest BCUT2D eigenvalue weighted by Crippen LogP contribution is 2.30. The number of ether oxygens (including phenoxy) is 2. The molecule has 0 aliphatic heterocycles. The van der Waals surface area contributed by atoms with Crippen LogP contribution in [0.15, 0.2) is 42.5 Å². The van der Waals surface area contributed by atoms with Crippen molar-refractivity contribution in [3.05, 3.63) is 58.1 Å². The molecule has 0 heterocycles. The number of nitrogens with zero attached hydrogens (tertiary/aromatic N) is 2. The van der Waals surface area contributed by atoms with Crippen molar-refractivity contribution in [2.45, 2.75) is 0 Å².